The summed E-state index contributed by atoms with van der Waals surface area (Å²) < 4.78 is 28.4. The molecule has 2 unspecified atom stereocenters. The van der Waals surface area contributed by atoms with E-state index in [1.165, 1.54) is 7.11 Å². The first kappa shape index (κ1) is 21.7. The van der Waals surface area contributed by atoms with Gasteiger partial charge in [0, 0.05) is 13.3 Å². The van der Waals surface area contributed by atoms with Crippen molar-refractivity contribution in [3.63, 3.8) is 0 Å². The highest BCUT2D eigenvalue weighted by Gasteiger charge is 2.40. The van der Waals surface area contributed by atoms with Crippen molar-refractivity contribution in [1.29, 1.82) is 0 Å². The number of rotatable bonds is 9. The first-order valence-electron chi connectivity index (χ1n) is 8.80. The molecule has 28 heavy (non-hydrogen) atoms. The van der Waals surface area contributed by atoms with Crippen LogP contribution in [-0.4, -0.2) is 31.1 Å². The number of hydrogen-bond donors (Lipinski definition) is 1. The summed E-state index contributed by atoms with van der Waals surface area (Å²) in [7, 11) is -2.27. The lowest BCUT2D eigenvalue weighted by Gasteiger charge is -2.24. The van der Waals surface area contributed by atoms with Gasteiger partial charge in [-0.25, -0.2) is 9.59 Å². The maximum Gasteiger partial charge on any atom is 0.408 e. The Morgan fingerprint density at radius 3 is 1.89 bits per heavy atom. The lowest BCUT2D eigenvalue weighted by molar-refractivity contribution is -0.145. The van der Waals surface area contributed by atoms with E-state index in [-0.39, 0.29) is 19.4 Å². The lowest BCUT2D eigenvalue weighted by atomic mass is 10.2. The normalized spacial score (nSPS) is 13.8. The van der Waals surface area contributed by atoms with E-state index in [1.54, 1.807) is 31.2 Å². The number of ether oxygens (including phenoxy) is 2. The van der Waals surface area contributed by atoms with Gasteiger partial charge in [0.25, 0.3) is 0 Å². The third-order valence-corrected chi connectivity index (χ3v) is 6.68. The predicted molar refractivity (Wildman–Crippen MR) is 105 cm³/mol. The van der Waals surface area contributed by atoms with Crippen LogP contribution in [0.4, 0.5) is 4.79 Å². The van der Waals surface area contributed by atoms with Crippen molar-refractivity contribution in [1.82, 2.24) is 5.32 Å². The second-order valence-corrected chi connectivity index (χ2v) is 8.89. The molecule has 2 rings (SSSR count). The standard InChI is InChI=1S/C20H24NO6P/c1-3-28(24,25-2)18(19(22)26-14-16-10-6-4-7-11-16)21-20(23)27-15-17-12-8-5-9-13-17/h4-13,18H,3,14-15H2,1-2H3,(H,21,23). The van der Waals surface area contributed by atoms with Crippen molar-refractivity contribution in [3.05, 3.63) is 71.8 Å². The number of carbonyl (C=O) groups is 2. The van der Waals surface area contributed by atoms with Crippen LogP contribution in [0.2, 0.25) is 0 Å². The largest absolute Gasteiger partial charge is 0.459 e. The van der Waals surface area contributed by atoms with E-state index in [0.717, 1.165) is 11.1 Å². The maximum absolute atomic E-state index is 12.9. The number of nitrogens with one attached hydrogen (secondary N) is 1. The van der Waals surface area contributed by atoms with E-state index in [4.69, 9.17) is 14.0 Å². The number of alkyl carbamates (subject to hydrolysis) is 1. The monoisotopic (exact) mass is 405 g/mol. The predicted octanol–water partition coefficient (Wildman–Crippen LogP) is 3.93. The highest BCUT2D eigenvalue weighted by atomic mass is 31.2. The Balaban J connectivity index is 2.02. The van der Waals surface area contributed by atoms with Gasteiger partial charge >= 0.3 is 12.1 Å². The van der Waals surface area contributed by atoms with Crippen LogP contribution in [0, 0.1) is 0 Å². The van der Waals surface area contributed by atoms with Gasteiger partial charge in [0.05, 0.1) is 0 Å². The molecule has 0 aliphatic carbocycles. The van der Waals surface area contributed by atoms with Gasteiger partial charge < -0.3 is 14.0 Å². The SMILES string of the molecule is CCP(=O)(OC)C(NC(=O)OCc1ccccc1)C(=O)OCc1ccccc1. The number of carbonyl (C=O) groups excluding carboxylic acids is 2. The molecule has 2 atom stereocenters. The Labute approximate surface area is 164 Å². The van der Waals surface area contributed by atoms with Crippen LogP contribution in [0.25, 0.3) is 0 Å². The molecule has 0 aliphatic heterocycles. The first-order chi connectivity index (χ1) is 13.5. The fraction of sp³-hybridized carbons (Fsp3) is 0.300. The van der Waals surface area contributed by atoms with E-state index in [0.29, 0.717) is 0 Å². The van der Waals surface area contributed by atoms with Crippen LogP contribution in [0.1, 0.15) is 18.1 Å². The molecular weight excluding hydrogens is 381 g/mol. The van der Waals surface area contributed by atoms with Crippen molar-refractivity contribution in [2.75, 3.05) is 13.3 Å². The summed E-state index contributed by atoms with van der Waals surface area (Å²) in [6, 6.07) is 18.1. The molecule has 0 aliphatic rings. The molecule has 0 aromatic heterocycles. The second kappa shape index (κ2) is 10.6. The Morgan fingerprint density at radius 2 is 1.43 bits per heavy atom. The lowest BCUT2D eigenvalue weighted by Crippen LogP contribution is -2.42. The van der Waals surface area contributed by atoms with Gasteiger partial charge in [-0.2, -0.15) is 0 Å². The Bertz CT molecular complexity index is 804. The van der Waals surface area contributed by atoms with Crippen LogP contribution in [0.5, 0.6) is 0 Å². The average molecular weight is 405 g/mol. The van der Waals surface area contributed by atoms with Crippen molar-refractivity contribution >= 4 is 19.4 Å². The summed E-state index contributed by atoms with van der Waals surface area (Å²) in [5.41, 5.74) is 1.55. The minimum absolute atomic E-state index is 0.00958. The molecule has 0 heterocycles. The van der Waals surface area contributed by atoms with Gasteiger partial charge in [0.1, 0.15) is 13.2 Å². The van der Waals surface area contributed by atoms with Gasteiger partial charge in [-0.05, 0) is 11.1 Å². The molecule has 0 spiro atoms. The molecule has 2 aromatic rings. The third kappa shape index (κ3) is 6.22. The smallest absolute Gasteiger partial charge is 0.408 e. The molecule has 1 amide bonds. The van der Waals surface area contributed by atoms with Crippen molar-refractivity contribution in [2.24, 2.45) is 0 Å². The zero-order chi connectivity index (χ0) is 20.4. The fourth-order valence-electron chi connectivity index (χ4n) is 2.42. The Morgan fingerprint density at radius 1 is 0.929 bits per heavy atom. The van der Waals surface area contributed by atoms with Crippen LogP contribution < -0.4 is 5.32 Å². The number of benzene rings is 2. The molecule has 0 saturated heterocycles. The van der Waals surface area contributed by atoms with Gasteiger partial charge in [0.15, 0.2) is 0 Å². The van der Waals surface area contributed by atoms with Crippen LogP contribution in [-0.2, 0) is 36.6 Å². The van der Waals surface area contributed by atoms with Gasteiger partial charge in [-0.3, -0.25) is 9.88 Å². The number of hydrogen-bond acceptors (Lipinski definition) is 6. The zero-order valence-electron chi connectivity index (χ0n) is 15.9. The topological polar surface area (TPSA) is 90.9 Å². The molecule has 2 aromatic carbocycles. The summed E-state index contributed by atoms with van der Waals surface area (Å²) >= 11 is 0. The molecule has 150 valence electrons. The minimum atomic E-state index is -3.50. The van der Waals surface area contributed by atoms with E-state index in [1.807, 2.05) is 36.4 Å². The summed E-state index contributed by atoms with van der Waals surface area (Å²) in [6.07, 6.45) is -0.829. The zero-order valence-corrected chi connectivity index (χ0v) is 16.8. The molecule has 0 fully saturated rings. The van der Waals surface area contributed by atoms with E-state index >= 15 is 0 Å². The minimum Gasteiger partial charge on any atom is -0.459 e. The quantitative estimate of drug-likeness (QED) is 0.502. The Hall–Kier alpha value is -2.63. The summed E-state index contributed by atoms with van der Waals surface area (Å²) in [5, 5.41) is 2.34. The average Bonchev–Trinajstić information content (AvgIpc) is 2.75. The molecule has 0 saturated carbocycles. The first-order valence-corrected chi connectivity index (χ1v) is 10.7. The second-order valence-electron chi connectivity index (χ2n) is 5.93. The summed E-state index contributed by atoms with van der Waals surface area (Å²) in [6.45, 7) is 1.62. The molecule has 0 radical (unpaired) electrons. The van der Waals surface area contributed by atoms with Crippen LogP contribution >= 0.6 is 7.37 Å². The van der Waals surface area contributed by atoms with E-state index in [9.17, 15) is 14.2 Å². The molecule has 7 nitrogen and oxygen atoms in total. The summed E-state index contributed by atoms with van der Waals surface area (Å²) in [4.78, 5) is 24.7. The highest BCUT2D eigenvalue weighted by molar-refractivity contribution is 7.60. The number of esters is 1. The van der Waals surface area contributed by atoms with Crippen molar-refractivity contribution in [2.45, 2.75) is 25.9 Å². The van der Waals surface area contributed by atoms with Crippen molar-refractivity contribution < 1.29 is 28.2 Å². The maximum atomic E-state index is 12.9. The van der Waals surface area contributed by atoms with Crippen LogP contribution in [0.15, 0.2) is 60.7 Å². The molecule has 0 bridgehead atoms. The third-order valence-electron chi connectivity index (χ3n) is 4.06. The molecule has 8 heteroatoms. The molecular formula is C20H24NO6P. The molecule has 1 N–H and O–H groups in total. The van der Waals surface area contributed by atoms with E-state index in [2.05, 4.69) is 5.32 Å². The van der Waals surface area contributed by atoms with Gasteiger partial charge in [-0.15, -0.1) is 0 Å². The number of amides is 1. The van der Waals surface area contributed by atoms with E-state index < -0.39 is 25.2 Å². The Kier molecular flexibility index (Phi) is 8.23. The van der Waals surface area contributed by atoms with Gasteiger partial charge in [-0.1, -0.05) is 67.6 Å². The fourth-order valence-corrected chi connectivity index (χ4v) is 3.95. The van der Waals surface area contributed by atoms with Gasteiger partial charge in [0.2, 0.25) is 13.2 Å². The van der Waals surface area contributed by atoms with Crippen molar-refractivity contribution in [3.8, 4) is 0 Å². The summed E-state index contributed by atoms with van der Waals surface area (Å²) in [5.74, 6) is -2.29. The van der Waals surface area contributed by atoms with Crippen LogP contribution in [0.3, 0.4) is 0 Å². The highest BCUT2D eigenvalue weighted by Crippen LogP contribution is 2.50.